The van der Waals surface area contributed by atoms with Gasteiger partial charge in [-0.05, 0) is 12.1 Å². The highest BCUT2D eigenvalue weighted by atomic mass is 32.1. The molecule has 2 aromatic rings. The predicted octanol–water partition coefficient (Wildman–Crippen LogP) is 3.29. The summed E-state index contributed by atoms with van der Waals surface area (Å²) in [5.74, 6) is 0.479. The van der Waals surface area contributed by atoms with Crippen molar-refractivity contribution in [2.75, 3.05) is 13.2 Å². The number of hydrogen-bond acceptors (Lipinski definition) is 5. The number of thiazole rings is 1. The lowest BCUT2D eigenvalue weighted by Crippen LogP contribution is -2.31. The van der Waals surface area contributed by atoms with Gasteiger partial charge in [-0.3, -0.25) is 4.79 Å². The van der Waals surface area contributed by atoms with E-state index in [2.05, 4.69) is 30.7 Å². The molecule has 0 bridgehead atoms. The average molecular weight is 346 g/mol. The first-order chi connectivity index (χ1) is 11.6. The van der Waals surface area contributed by atoms with Gasteiger partial charge in [0.05, 0.1) is 28.9 Å². The van der Waals surface area contributed by atoms with Crippen LogP contribution in [0.15, 0.2) is 42.3 Å². The third-order valence-electron chi connectivity index (χ3n) is 3.37. The van der Waals surface area contributed by atoms with Gasteiger partial charge < -0.3 is 15.2 Å². The Morgan fingerprint density at radius 3 is 2.83 bits per heavy atom. The molecule has 1 amide bonds. The van der Waals surface area contributed by atoms with Gasteiger partial charge in [0.15, 0.2) is 0 Å². The number of rotatable bonds is 8. The number of hydrogen-bond donors (Lipinski definition) is 2. The molecule has 0 saturated carbocycles. The van der Waals surface area contributed by atoms with E-state index < -0.39 is 6.04 Å². The molecule has 2 rings (SSSR count). The number of ether oxygens (including phenoxy) is 1. The van der Waals surface area contributed by atoms with Crippen molar-refractivity contribution in [1.82, 2.24) is 10.3 Å². The number of aliphatic hydroxyl groups excluding tert-OH is 1. The van der Waals surface area contributed by atoms with Crippen LogP contribution in [0.5, 0.6) is 5.75 Å². The fourth-order valence-electron chi connectivity index (χ4n) is 2.10. The second-order valence-corrected chi connectivity index (χ2v) is 6.46. The minimum absolute atomic E-state index is 0.220. The lowest BCUT2D eigenvalue weighted by molar-refractivity contribution is 0.0911. The largest absolute Gasteiger partial charge is 0.489 e. The van der Waals surface area contributed by atoms with Gasteiger partial charge in [0.25, 0.3) is 5.91 Å². The van der Waals surface area contributed by atoms with Crippen molar-refractivity contribution in [3.63, 3.8) is 0 Å². The normalized spacial score (nSPS) is 12.0. The Bertz CT molecular complexity index is 697. The summed E-state index contributed by atoms with van der Waals surface area (Å²) in [6.07, 6.45) is 1.62. The molecule has 0 saturated heterocycles. The van der Waals surface area contributed by atoms with E-state index in [1.165, 1.54) is 11.3 Å². The van der Waals surface area contributed by atoms with Crippen LogP contribution in [0.3, 0.4) is 0 Å². The number of carbonyl (C=O) groups excluding carboxylic acids is 1. The van der Waals surface area contributed by atoms with Gasteiger partial charge in [-0.2, -0.15) is 0 Å². The van der Waals surface area contributed by atoms with Gasteiger partial charge in [-0.15, -0.1) is 11.3 Å². The van der Waals surface area contributed by atoms with Crippen LogP contribution in [-0.4, -0.2) is 29.2 Å². The Balaban J connectivity index is 2.15. The van der Waals surface area contributed by atoms with Crippen LogP contribution in [0.2, 0.25) is 0 Å². The monoisotopic (exact) mass is 346 g/mol. The quantitative estimate of drug-likeness (QED) is 0.720. The smallest absolute Gasteiger partial charge is 0.255 e. The number of para-hydroxylation sites is 1. The molecule has 1 aromatic heterocycles. The number of nitrogens with one attached hydrogen (secondary N) is 1. The molecule has 128 valence electrons. The fraction of sp³-hybridized carbons (Fsp3) is 0.333. The Morgan fingerprint density at radius 1 is 1.46 bits per heavy atom. The minimum Gasteiger partial charge on any atom is -0.489 e. The zero-order valence-electron chi connectivity index (χ0n) is 13.9. The maximum atomic E-state index is 12.6. The highest BCUT2D eigenvalue weighted by Crippen LogP contribution is 2.24. The third-order valence-corrected chi connectivity index (χ3v) is 4.53. The number of amides is 1. The van der Waals surface area contributed by atoms with Crippen LogP contribution in [-0.2, 0) is 0 Å². The molecule has 1 heterocycles. The molecule has 0 aliphatic rings. The number of nitrogens with zero attached hydrogens (tertiary/aromatic N) is 1. The summed E-state index contributed by atoms with van der Waals surface area (Å²) in [6, 6.07) is 6.43. The van der Waals surface area contributed by atoms with E-state index in [1.807, 2.05) is 5.38 Å². The van der Waals surface area contributed by atoms with E-state index in [0.717, 1.165) is 5.01 Å². The summed E-state index contributed by atoms with van der Waals surface area (Å²) in [4.78, 5) is 17.1. The maximum Gasteiger partial charge on any atom is 0.255 e. The SMILES string of the molecule is C=CCOc1ccccc1C(=O)NC(CO)c1csc(C(C)C)n1. The summed E-state index contributed by atoms with van der Waals surface area (Å²) in [5, 5.41) is 15.3. The van der Waals surface area contributed by atoms with Crippen LogP contribution < -0.4 is 10.1 Å². The first kappa shape index (κ1) is 18.2. The molecule has 1 unspecified atom stereocenters. The second-order valence-electron chi connectivity index (χ2n) is 5.57. The zero-order chi connectivity index (χ0) is 17.5. The highest BCUT2D eigenvalue weighted by molar-refractivity contribution is 7.09. The Hall–Kier alpha value is -2.18. The Morgan fingerprint density at radius 2 is 2.21 bits per heavy atom. The lowest BCUT2D eigenvalue weighted by atomic mass is 10.1. The highest BCUT2D eigenvalue weighted by Gasteiger charge is 2.20. The molecule has 0 aliphatic heterocycles. The van der Waals surface area contributed by atoms with Crippen LogP contribution in [0, 0.1) is 0 Å². The molecule has 0 spiro atoms. The molecule has 1 aromatic carbocycles. The summed E-state index contributed by atoms with van der Waals surface area (Å²) >= 11 is 1.53. The van der Waals surface area contributed by atoms with Gasteiger partial charge >= 0.3 is 0 Å². The number of aromatic nitrogens is 1. The number of aliphatic hydroxyl groups is 1. The topological polar surface area (TPSA) is 71.5 Å². The predicted molar refractivity (Wildman–Crippen MR) is 95.6 cm³/mol. The van der Waals surface area contributed by atoms with Gasteiger partial charge in [-0.1, -0.05) is 38.6 Å². The average Bonchev–Trinajstić information content (AvgIpc) is 3.08. The summed E-state index contributed by atoms with van der Waals surface area (Å²) in [5.41, 5.74) is 1.08. The lowest BCUT2D eigenvalue weighted by Gasteiger charge is -2.16. The summed E-state index contributed by atoms with van der Waals surface area (Å²) < 4.78 is 5.51. The molecule has 2 N–H and O–H groups in total. The third kappa shape index (κ3) is 4.43. The number of benzene rings is 1. The van der Waals surface area contributed by atoms with E-state index in [-0.39, 0.29) is 12.5 Å². The number of carbonyl (C=O) groups is 1. The second kappa shape index (κ2) is 8.61. The van der Waals surface area contributed by atoms with Crippen LogP contribution >= 0.6 is 11.3 Å². The van der Waals surface area contributed by atoms with Crippen molar-refractivity contribution in [1.29, 1.82) is 0 Å². The first-order valence-corrected chi connectivity index (χ1v) is 8.64. The molecule has 6 heteroatoms. The molecular weight excluding hydrogens is 324 g/mol. The van der Waals surface area contributed by atoms with E-state index in [9.17, 15) is 9.90 Å². The molecule has 0 fully saturated rings. The van der Waals surface area contributed by atoms with E-state index in [0.29, 0.717) is 29.5 Å². The van der Waals surface area contributed by atoms with Gasteiger partial charge in [0, 0.05) is 11.3 Å². The standard InChI is InChI=1S/C18H22N2O3S/c1-4-9-23-16-8-6-5-7-13(16)17(22)19-14(10-21)15-11-24-18(20-15)12(2)3/h4-8,11-12,14,21H,1,9-10H2,2-3H3,(H,19,22). The van der Waals surface area contributed by atoms with Crippen LogP contribution in [0.1, 0.15) is 46.9 Å². The van der Waals surface area contributed by atoms with Gasteiger partial charge in [0.1, 0.15) is 12.4 Å². The van der Waals surface area contributed by atoms with Crippen molar-refractivity contribution in [2.24, 2.45) is 0 Å². The van der Waals surface area contributed by atoms with Crippen molar-refractivity contribution in [3.05, 3.63) is 58.6 Å². The molecule has 0 aliphatic carbocycles. The Kier molecular flexibility index (Phi) is 6.52. The molecule has 1 atom stereocenters. The maximum absolute atomic E-state index is 12.6. The zero-order valence-corrected chi connectivity index (χ0v) is 14.7. The minimum atomic E-state index is -0.547. The van der Waals surface area contributed by atoms with E-state index in [1.54, 1.807) is 30.3 Å². The van der Waals surface area contributed by atoms with Crippen molar-refractivity contribution >= 4 is 17.2 Å². The van der Waals surface area contributed by atoms with Crippen LogP contribution in [0.25, 0.3) is 0 Å². The van der Waals surface area contributed by atoms with Crippen molar-refractivity contribution in [3.8, 4) is 5.75 Å². The van der Waals surface area contributed by atoms with Gasteiger partial charge in [-0.25, -0.2) is 4.98 Å². The molecular formula is C18H22N2O3S. The summed E-state index contributed by atoms with van der Waals surface area (Å²) in [6.45, 7) is 7.82. The fourth-order valence-corrected chi connectivity index (χ4v) is 2.99. The van der Waals surface area contributed by atoms with E-state index in [4.69, 9.17) is 4.74 Å². The van der Waals surface area contributed by atoms with Crippen molar-refractivity contribution < 1.29 is 14.6 Å². The summed E-state index contributed by atoms with van der Waals surface area (Å²) in [7, 11) is 0. The van der Waals surface area contributed by atoms with Crippen molar-refractivity contribution in [2.45, 2.75) is 25.8 Å². The van der Waals surface area contributed by atoms with Gasteiger partial charge in [0.2, 0.25) is 0 Å². The molecule has 24 heavy (non-hydrogen) atoms. The van der Waals surface area contributed by atoms with Crippen LogP contribution in [0.4, 0.5) is 0 Å². The Labute approximate surface area is 146 Å². The van der Waals surface area contributed by atoms with E-state index >= 15 is 0 Å². The molecule has 5 nitrogen and oxygen atoms in total. The first-order valence-electron chi connectivity index (χ1n) is 7.76. The molecule has 0 radical (unpaired) electrons.